The number of halogens is 1. The van der Waals surface area contributed by atoms with Gasteiger partial charge in [0.25, 0.3) is 5.91 Å². The van der Waals surface area contributed by atoms with E-state index in [2.05, 4.69) is 10.6 Å². The van der Waals surface area contributed by atoms with E-state index in [0.29, 0.717) is 28.8 Å². The lowest BCUT2D eigenvalue weighted by Gasteiger charge is -2.22. The van der Waals surface area contributed by atoms with E-state index in [-0.39, 0.29) is 6.54 Å². The molecule has 0 saturated carbocycles. The van der Waals surface area contributed by atoms with Crippen molar-refractivity contribution in [1.29, 1.82) is 0 Å². The summed E-state index contributed by atoms with van der Waals surface area (Å²) in [6, 6.07) is 4.23. The van der Waals surface area contributed by atoms with Crippen LogP contribution in [-0.4, -0.2) is 41.9 Å². The zero-order valence-corrected chi connectivity index (χ0v) is 16.1. The van der Waals surface area contributed by atoms with E-state index in [1.807, 2.05) is 13.8 Å². The zero-order valence-electron chi connectivity index (χ0n) is 15.4. The first kappa shape index (κ1) is 20.0. The number of methoxy groups -OCH3 is 1. The molecule has 1 aromatic carbocycles. The largest absolute Gasteiger partial charge is 0.495 e. The topological polar surface area (TPSA) is 87.7 Å². The molecule has 1 heterocycles. The fourth-order valence-corrected chi connectivity index (χ4v) is 2.92. The number of nitrogens with zero attached hydrogens (tertiary/aromatic N) is 1. The van der Waals surface area contributed by atoms with Crippen LogP contribution in [0.4, 0.5) is 10.5 Å². The Morgan fingerprint density at radius 3 is 2.69 bits per heavy atom. The molecule has 8 heteroatoms. The summed E-state index contributed by atoms with van der Waals surface area (Å²) < 4.78 is 5.17. The van der Waals surface area contributed by atoms with Crippen LogP contribution in [0.3, 0.4) is 0 Å². The molecule has 0 spiro atoms. The third kappa shape index (κ3) is 4.46. The molecule has 1 saturated heterocycles. The van der Waals surface area contributed by atoms with Crippen LogP contribution in [0.15, 0.2) is 18.2 Å². The molecular formula is C18H24ClN3O4. The van der Waals surface area contributed by atoms with Crippen LogP contribution in [-0.2, 0) is 9.59 Å². The van der Waals surface area contributed by atoms with Crippen molar-refractivity contribution in [2.24, 2.45) is 5.92 Å². The van der Waals surface area contributed by atoms with Crippen LogP contribution < -0.4 is 15.4 Å². The summed E-state index contributed by atoms with van der Waals surface area (Å²) in [6.07, 6.45) is 1.32. The number of carbonyl (C=O) groups is 3. The van der Waals surface area contributed by atoms with Crippen LogP contribution in [0.25, 0.3) is 0 Å². The van der Waals surface area contributed by atoms with Crippen molar-refractivity contribution in [3.8, 4) is 5.75 Å². The fraction of sp³-hybridized carbons (Fsp3) is 0.500. The maximum atomic E-state index is 12.6. The van der Waals surface area contributed by atoms with Crippen molar-refractivity contribution in [3.63, 3.8) is 0 Å². The lowest BCUT2D eigenvalue weighted by Crippen LogP contribution is -2.44. The fourth-order valence-electron chi connectivity index (χ4n) is 2.75. The van der Waals surface area contributed by atoms with Gasteiger partial charge in [-0.2, -0.15) is 0 Å². The van der Waals surface area contributed by atoms with Crippen molar-refractivity contribution in [2.75, 3.05) is 19.0 Å². The quantitative estimate of drug-likeness (QED) is 0.710. The molecule has 0 bridgehead atoms. The Kier molecular flexibility index (Phi) is 6.13. The monoisotopic (exact) mass is 381 g/mol. The summed E-state index contributed by atoms with van der Waals surface area (Å²) in [7, 11) is 1.47. The second-order valence-electron chi connectivity index (χ2n) is 6.98. The average molecular weight is 382 g/mol. The van der Waals surface area contributed by atoms with E-state index in [1.165, 1.54) is 13.2 Å². The van der Waals surface area contributed by atoms with Crippen LogP contribution in [0.1, 0.15) is 33.6 Å². The lowest BCUT2D eigenvalue weighted by atomic mass is 9.92. The van der Waals surface area contributed by atoms with Crippen molar-refractivity contribution < 1.29 is 19.1 Å². The highest BCUT2D eigenvalue weighted by molar-refractivity contribution is 6.31. The van der Waals surface area contributed by atoms with Gasteiger partial charge in [-0.05, 0) is 43.9 Å². The molecule has 4 amide bonds. The molecule has 1 aliphatic heterocycles. The van der Waals surface area contributed by atoms with Crippen molar-refractivity contribution in [3.05, 3.63) is 23.2 Å². The van der Waals surface area contributed by atoms with Crippen LogP contribution in [0, 0.1) is 5.92 Å². The minimum absolute atomic E-state index is 0.375. The Bertz CT molecular complexity index is 722. The summed E-state index contributed by atoms with van der Waals surface area (Å²) in [6.45, 7) is 5.41. The van der Waals surface area contributed by atoms with E-state index in [1.54, 1.807) is 19.1 Å². The van der Waals surface area contributed by atoms with Crippen LogP contribution in [0.2, 0.25) is 5.02 Å². The van der Waals surface area contributed by atoms with Crippen molar-refractivity contribution >= 4 is 35.1 Å². The van der Waals surface area contributed by atoms with Crippen LogP contribution in [0.5, 0.6) is 5.75 Å². The second kappa shape index (κ2) is 7.95. The predicted molar refractivity (Wildman–Crippen MR) is 99.4 cm³/mol. The Labute approximate surface area is 158 Å². The number of amides is 4. The summed E-state index contributed by atoms with van der Waals surface area (Å²) in [5.41, 5.74) is -0.602. The summed E-state index contributed by atoms with van der Waals surface area (Å²) in [4.78, 5) is 38.1. The smallest absolute Gasteiger partial charge is 0.325 e. The maximum absolute atomic E-state index is 12.6. The highest BCUT2D eigenvalue weighted by Crippen LogP contribution is 2.28. The minimum Gasteiger partial charge on any atom is -0.495 e. The van der Waals surface area contributed by atoms with Gasteiger partial charge in [0.1, 0.15) is 17.8 Å². The number of imide groups is 1. The molecule has 1 unspecified atom stereocenters. The molecule has 0 aromatic heterocycles. The summed E-state index contributed by atoms with van der Waals surface area (Å²) >= 11 is 5.94. The molecule has 0 radical (unpaired) electrons. The highest BCUT2D eigenvalue weighted by Gasteiger charge is 2.47. The van der Waals surface area contributed by atoms with Gasteiger partial charge in [-0.3, -0.25) is 14.5 Å². The van der Waals surface area contributed by atoms with Gasteiger partial charge in [0.2, 0.25) is 5.91 Å². The van der Waals surface area contributed by atoms with Gasteiger partial charge in [0.15, 0.2) is 0 Å². The van der Waals surface area contributed by atoms with E-state index >= 15 is 0 Å². The standard InChI is InChI=1S/C18H24ClN3O4/c1-11(2)7-8-18(3)16(24)22(17(25)21-18)10-15(23)20-13-9-12(19)5-6-14(13)26-4/h5-6,9,11H,7-8,10H2,1-4H3,(H,20,23)(H,21,25). The third-order valence-corrected chi connectivity index (χ3v) is 4.54. The van der Waals surface area contributed by atoms with E-state index < -0.39 is 23.4 Å². The molecule has 2 N–H and O–H groups in total. The normalized spacial score (nSPS) is 19.7. The molecule has 2 rings (SSSR count). The van der Waals surface area contributed by atoms with Gasteiger partial charge in [-0.1, -0.05) is 25.4 Å². The van der Waals surface area contributed by atoms with Crippen molar-refractivity contribution in [2.45, 2.75) is 39.2 Å². The highest BCUT2D eigenvalue weighted by atomic mass is 35.5. The Hall–Kier alpha value is -2.28. The second-order valence-corrected chi connectivity index (χ2v) is 7.42. The Morgan fingerprint density at radius 2 is 2.08 bits per heavy atom. The van der Waals surface area contributed by atoms with Gasteiger partial charge < -0.3 is 15.4 Å². The molecule has 0 aliphatic carbocycles. The lowest BCUT2D eigenvalue weighted by molar-refractivity contribution is -0.133. The number of carbonyl (C=O) groups excluding carboxylic acids is 3. The Balaban J connectivity index is 2.06. The van der Waals surface area contributed by atoms with Crippen LogP contribution >= 0.6 is 11.6 Å². The molecule has 26 heavy (non-hydrogen) atoms. The van der Waals surface area contributed by atoms with E-state index in [0.717, 1.165) is 11.3 Å². The first-order chi connectivity index (χ1) is 12.2. The molecule has 1 aromatic rings. The zero-order chi connectivity index (χ0) is 19.5. The van der Waals surface area contributed by atoms with Crippen molar-refractivity contribution in [1.82, 2.24) is 10.2 Å². The predicted octanol–water partition coefficient (Wildman–Crippen LogP) is 3.03. The molecule has 142 valence electrons. The number of rotatable bonds is 7. The number of urea groups is 1. The molecular weight excluding hydrogens is 358 g/mol. The number of nitrogens with one attached hydrogen (secondary N) is 2. The van der Waals surface area contributed by atoms with Gasteiger partial charge in [0.05, 0.1) is 12.8 Å². The summed E-state index contributed by atoms with van der Waals surface area (Å²) in [5, 5.41) is 5.75. The maximum Gasteiger partial charge on any atom is 0.325 e. The number of hydrogen-bond donors (Lipinski definition) is 2. The number of hydrogen-bond acceptors (Lipinski definition) is 4. The third-order valence-electron chi connectivity index (χ3n) is 4.30. The van der Waals surface area contributed by atoms with Gasteiger partial charge in [-0.15, -0.1) is 0 Å². The Morgan fingerprint density at radius 1 is 1.38 bits per heavy atom. The minimum atomic E-state index is -0.977. The van der Waals surface area contributed by atoms with Gasteiger partial charge in [0, 0.05) is 5.02 Å². The SMILES string of the molecule is COc1ccc(Cl)cc1NC(=O)CN1C(=O)NC(C)(CCC(C)C)C1=O. The van der Waals surface area contributed by atoms with Gasteiger partial charge >= 0.3 is 6.03 Å². The van der Waals surface area contributed by atoms with Gasteiger partial charge in [-0.25, -0.2) is 4.79 Å². The molecule has 1 fully saturated rings. The average Bonchev–Trinajstić information content (AvgIpc) is 2.77. The van der Waals surface area contributed by atoms with E-state index in [9.17, 15) is 14.4 Å². The first-order valence-corrected chi connectivity index (χ1v) is 8.81. The molecule has 7 nitrogen and oxygen atoms in total. The number of ether oxygens (including phenoxy) is 1. The molecule has 1 aliphatic rings. The molecule has 1 atom stereocenters. The van der Waals surface area contributed by atoms with E-state index in [4.69, 9.17) is 16.3 Å². The number of benzene rings is 1. The number of anilines is 1. The first-order valence-electron chi connectivity index (χ1n) is 8.44. The summed E-state index contributed by atoms with van der Waals surface area (Å²) in [5.74, 6) is -0.0653.